The number of hydrogen-bond donors (Lipinski definition) is 4. The molecule has 2 aromatic carbocycles. The molecule has 1 heterocycles. The average Bonchev–Trinajstić information content (AvgIpc) is 3.22. The molecule has 2 aromatic rings. The fourth-order valence-corrected chi connectivity index (χ4v) is 3.27. The van der Waals surface area contributed by atoms with Crippen molar-refractivity contribution in [1.29, 1.82) is 0 Å². The number of carbonyl (C=O) groups is 6. The van der Waals surface area contributed by atoms with E-state index in [9.17, 15) is 28.8 Å². The Morgan fingerprint density at radius 1 is 0.744 bits per heavy atom. The number of fused-ring (bicyclic) bond motifs is 1. The third-order valence-corrected chi connectivity index (χ3v) is 5.93. The number of carbonyl (C=O) groups excluding carboxylic acids is 3. The topological polar surface area (TPSA) is 202 Å². The largest absolute Gasteiger partial charge is 0.481 e. The highest BCUT2D eigenvalue weighted by molar-refractivity contribution is 6.15. The predicted molar refractivity (Wildman–Crippen MR) is 153 cm³/mol. The Labute approximate surface area is 249 Å². The fourth-order valence-electron chi connectivity index (χ4n) is 3.27. The molecule has 0 radical (unpaired) electrons. The fraction of sp³-hybridized carbons (Fsp3) is 0.419. The van der Waals surface area contributed by atoms with Crippen molar-refractivity contribution in [2.75, 3.05) is 13.2 Å². The predicted octanol–water partition coefficient (Wildman–Crippen LogP) is 4.57. The lowest BCUT2D eigenvalue weighted by Crippen LogP contribution is -2.25. The van der Waals surface area contributed by atoms with Crippen molar-refractivity contribution in [2.24, 2.45) is 5.41 Å². The van der Waals surface area contributed by atoms with Crippen molar-refractivity contribution in [3.63, 3.8) is 0 Å². The lowest BCUT2D eigenvalue weighted by Gasteiger charge is -2.21. The Morgan fingerprint density at radius 2 is 1.23 bits per heavy atom. The molecule has 12 nitrogen and oxygen atoms in total. The highest BCUT2D eigenvalue weighted by atomic mass is 16.6. The smallest absolute Gasteiger partial charge is 0.346 e. The van der Waals surface area contributed by atoms with Crippen molar-refractivity contribution >= 4 is 35.8 Å². The van der Waals surface area contributed by atoms with Crippen molar-refractivity contribution in [3.05, 3.63) is 70.3 Å². The molecule has 0 fully saturated rings. The number of carboxylic acid groups (broad SMARTS) is 3. The summed E-state index contributed by atoms with van der Waals surface area (Å²) in [5, 5.41) is 34.0. The van der Waals surface area contributed by atoms with Crippen molar-refractivity contribution in [3.8, 4) is 0 Å². The number of ether oxygens (including phenoxy) is 2. The summed E-state index contributed by atoms with van der Waals surface area (Å²) in [6.45, 7) is 10.3. The molecule has 234 valence electrons. The summed E-state index contributed by atoms with van der Waals surface area (Å²) in [5.41, 5.74) is 1.47. The van der Waals surface area contributed by atoms with Gasteiger partial charge in [-0.3, -0.25) is 9.59 Å². The first-order chi connectivity index (χ1) is 19.9. The van der Waals surface area contributed by atoms with Crippen LogP contribution in [-0.2, 0) is 24.5 Å². The molecular weight excluding hydrogens is 564 g/mol. The van der Waals surface area contributed by atoms with Crippen LogP contribution in [0.3, 0.4) is 0 Å². The van der Waals surface area contributed by atoms with Gasteiger partial charge in [0.05, 0.1) is 35.5 Å². The minimum Gasteiger partial charge on any atom is -0.481 e. The first kappa shape index (κ1) is 36.4. The van der Waals surface area contributed by atoms with E-state index < -0.39 is 35.3 Å². The minimum atomic E-state index is -1.15. The summed E-state index contributed by atoms with van der Waals surface area (Å²) in [7, 11) is 0. The van der Waals surface area contributed by atoms with Gasteiger partial charge in [-0.05, 0) is 54.2 Å². The molecule has 0 saturated heterocycles. The van der Waals surface area contributed by atoms with Gasteiger partial charge in [0.1, 0.15) is 0 Å². The lowest BCUT2D eigenvalue weighted by atomic mass is 9.87. The van der Waals surface area contributed by atoms with E-state index >= 15 is 0 Å². The number of hydrogen-bond acceptors (Lipinski definition) is 9. The maximum atomic E-state index is 11.9. The summed E-state index contributed by atoms with van der Waals surface area (Å²) >= 11 is 0. The lowest BCUT2D eigenvalue weighted by molar-refractivity contribution is -0.139. The molecule has 0 aromatic heterocycles. The van der Waals surface area contributed by atoms with E-state index in [-0.39, 0.29) is 54.1 Å². The van der Waals surface area contributed by atoms with Crippen LogP contribution in [0.15, 0.2) is 42.5 Å². The molecule has 1 aliphatic rings. The molecule has 12 heteroatoms. The van der Waals surface area contributed by atoms with Gasteiger partial charge in [-0.25, -0.2) is 19.2 Å². The first-order valence-electron chi connectivity index (χ1n) is 13.3. The highest BCUT2D eigenvalue weighted by Gasteiger charge is 2.30. The number of carboxylic acids is 3. The Balaban J connectivity index is 0.000000340. The standard InChI is InChI=1S/C16H24O3.C9H4O5.C6H10O4/c1-15(2,3)13-8-6-12(7-9-13)14(18)19-11-16(4,5)10-17;10-7(11)4-1-2-5-6(3-4)9(13)14-8(5)12;7-5(8)3-1-2-4-6(9)10/h6-9,17H,10-11H2,1-5H3;1-3H,(H,10,11);1-4H2,(H,7,8)(H,9,10). The number of aliphatic carboxylic acids is 2. The second kappa shape index (κ2) is 16.2. The normalized spacial score (nSPS) is 12.0. The van der Waals surface area contributed by atoms with Gasteiger partial charge in [-0.1, -0.05) is 46.8 Å². The molecule has 0 unspecified atom stereocenters. The number of rotatable bonds is 10. The summed E-state index contributed by atoms with van der Waals surface area (Å²) in [6, 6.07) is 11.1. The zero-order valence-corrected chi connectivity index (χ0v) is 24.8. The van der Waals surface area contributed by atoms with Gasteiger partial charge in [0, 0.05) is 18.3 Å². The first-order valence-corrected chi connectivity index (χ1v) is 13.3. The van der Waals surface area contributed by atoms with Crippen LogP contribution in [0.2, 0.25) is 0 Å². The Bertz CT molecular complexity index is 1300. The van der Waals surface area contributed by atoms with E-state index in [1.165, 1.54) is 17.7 Å². The van der Waals surface area contributed by atoms with Crippen LogP contribution in [0.1, 0.15) is 107 Å². The van der Waals surface area contributed by atoms with E-state index in [4.69, 9.17) is 25.2 Å². The molecule has 0 spiro atoms. The Hall–Kier alpha value is -4.58. The second-order valence-electron chi connectivity index (χ2n) is 11.5. The SMILES string of the molecule is CC(C)(CO)COC(=O)c1ccc(C(C)(C)C)cc1.O=C(O)CCCCC(=O)O.O=C(O)c1ccc2c(c1)C(=O)OC2=O. The zero-order valence-electron chi connectivity index (χ0n) is 24.8. The molecule has 43 heavy (non-hydrogen) atoms. The van der Waals surface area contributed by atoms with Gasteiger partial charge in [0.15, 0.2) is 0 Å². The third kappa shape index (κ3) is 12.9. The summed E-state index contributed by atoms with van der Waals surface area (Å²) < 4.78 is 9.51. The van der Waals surface area contributed by atoms with E-state index in [1.54, 1.807) is 12.1 Å². The Morgan fingerprint density at radius 3 is 1.67 bits per heavy atom. The number of aliphatic hydroxyl groups excluding tert-OH is 1. The molecule has 3 rings (SSSR count). The van der Waals surface area contributed by atoms with E-state index in [1.807, 2.05) is 26.0 Å². The minimum absolute atomic E-state index is 0.00917. The quantitative estimate of drug-likeness (QED) is 0.168. The highest BCUT2D eigenvalue weighted by Crippen LogP contribution is 2.23. The van der Waals surface area contributed by atoms with Gasteiger partial charge >= 0.3 is 35.8 Å². The van der Waals surface area contributed by atoms with Crippen LogP contribution in [-0.4, -0.2) is 69.5 Å². The average molecular weight is 603 g/mol. The zero-order chi connectivity index (χ0) is 33.0. The number of unbranched alkanes of at least 4 members (excludes halogenated alkanes) is 1. The number of aromatic carboxylic acids is 1. The molecule has 4 N–H and O–H groups in total. The van der Waals surface area contributed by atoms with Crippen LogP contribution >= 0.6 is 0 Å². The molecule has 0 amide bonds. The van der Waals surface area contributed by atoms with E-state index in [0.29, 0.717) is 18.4 Å². The summed E-state index contributed by atoms with van der Waals surface area (Å²) in [6.07, 6.45) is 1.02. The maximum Gasteiger partial charge on any atom is 0.346 e. The molecule has 0 aliphatic carbocycles. The number of esters is 3. The van der Waals surface area contributed by atoms with Crippen LogP contribution < -0.4 is 0 Å². The van der Waals surface area contributed by atoms with E-state index in [2.05, 4.69) is 25.5 Å². The van der Waals surface area contributed by atoms with Gasteiger partial charge < -0.3 is 29.9 Å². The van der Waals surface area contributed by atoms with Crippen LogP contribution in [0.4, 0.5) is 0 Å². The van der Waals surface area contributed by atoms with Crippen LogP contribution in [0.25, 0.3) is 0 Å². The monoisotopic (exact) mass is 602 g/mol. The third-order valence-electron chi connectivity index (χ3n) is 5.93. The van der Waals surface area contributed by atoms with Crippen molar-refractivity contribution < 1.29 is 58.7 Å². The van der Waals surface area contributed by atoms with Gasteiger partial charge in [0.2, 0.25) is 0 Å². The molecule has 1 aliphatic heterocycles. The molecule has 0 bridgehead atoms. The van der Waals surface area contributed by atoms with Gasteiger partial charge in [-0.2, -0.15) is 0 Å². The second-order valence-corrected chi connectivity index (χ2v) is 11.5. The van der Waals surface area contributed by atoms with Gasteiger partial charge in [-0.15, -0.1) is 0 Å². The number of cyclic esters (lactones) is 2. The van der Waals surface area contributed by atoms with Crippen LogP contribution in [0, 0.1) is 5.41 Å². The summed E-state index contributed by atoms with van der Waals surface area (Å²) in [5.74, 6) is -4.77. The molecular formula is C31H38O12. The van der Waals surface area contributed by atoms with Crippen LogP contribution in [0.5, 0.6) is 0 Å². The molecule has 0 saturated carbocycles. The number of aliphatic hydroxyl groups is 1. The maximum absolute atomic E-state index is 11.9. The van der Waals surface area contributed by atoms with Crippen molar-refractivity contribution in [1.82, 2.24) is 0 Å². The van der Waals surface area contributed by atoms with Gasteiger partial charge in [0.25, 0.3) is 0 Å². The molecule has 0 atom stereocenters. The number of benzene rings is 2. The van der Waals surface area contributed by atoms with Crippen molar-refractivity contribution in [2.45, 2.75) is 65.7 Å². The summed E-state index contributed by atoms with van der Waals surface area (Å²) in [4.78, 5) is 64.2. The van der Waals surface area contributed by atoms with E-state index in [0.717, 1.165) is 6.07 Å². The Kier molecular flexibility index (Phi) is 13.7.